The lowest BCUT2D eigenvalue weighted by Gasteiger charge is -2.34. The molecule has 2 rings (SSSR count). The van der Waals surface area contributed by atoms with Gasteiger partial charge in [0.25, 0.3) is 0 Å². The summed E-state index contributed by atoms with van der Waals surface area (Å²) in [7, 11) is 0. The van der Waals surface area contributed by atoms with Crippen LogP contribution in [0, 0.1) is 0 Å². The fraction of sp³-hybridized carbons (Fsp3) is 0.667. The molecule has 0 aromatic carbocycles. The summed E-state index contributed by atoms with van der Waals surface area (Å²) in [5, 5.41) is 0. The first-order valence-electron chi connectivity index (χ1n) is 6.33. The van der Waals surface area contributed by atoms with Gasteiger partial charge in [0.2, 0.25) is 5.95 Å². The molecule has 1 aromatic heterocycles. The van der Waals surface area contributed by atoms with Crippen molar-refractivity contribution in [1.82, 2.24) is 14.9 Å². The molecule has 6 heteroatoms. The van der Waals surface area contributed by atoms with Gasteiger partial charge in [-0.05, 0) is 6.07 Å². The first kappa shape index (κ1) is 13.6. The van der Waals surface area contributed by atoms with Crippen LogP contribution in [0.3, 0.4) is 0 Å². The predicted octanol–water partition coefficient (Wildman–Crippen LogP) is 0.545. The number of thiol groups is 1. The third-order valence-corrected chi connectivity index (χ3v) is 3.18. The molecule has 0 amide bonds. The molecular weight excluding hydrogens is 248 g/mol. The molecular formula is C12H20N4OS. The maximum absolute atomic E-state index is 5.44. The van der Waals surface area contributed by atoms with E-state index in [0.717, 1.165) is 57.6 Å². The first-order chi connectivity index (χ1) is 8.90. The average Bonchev–Trinajstić information content (AvgIpc) is 2.45. The molecule has 0 unspecified atom stereocenters. The summed E-state index contributed by atoms with van der Waals surface area (Å²) in [5.74, 6) is 1.63. The van der Waals surface area contributed by atoms with Crippen molar-refractivity contribution in [2.75, 3.05) is 56.6 Å². The first-order valence-corrected chi connectivity index (χ1v) is 6.96. The molecule has 1 aliphatic rings. The standard InChI is InChI=1S/C12H20N4OS/c18-11-10-17-9-8-15-4-6-16(7-5-15)12-13-2-1-3-14-12/h1-3,18H,4-11H2. The van der Waals surface area contributed by atoms with Crippen LogP contribution in [0.1, 0.15) is 0 Å². The smallest absolute Gasteiger partial charge is 0.225 e. The second-order valence-corrected chi connectivity index (χ2v) is 4.66. The zero-order valence-electron chi connectivity index (χ0n) is 10.5. The van der Waals surface area contributed by atoms with Crippen LogP contribution in [0.15, 0.2) is 18.5 Å². The monoisotopic (exact) mass is 268 g/mol. The maximum Gasteiger partial charge on any atom is 0.225 e. The molecule has 0 aliphatic carbocycles. The van der Waals surface area contributed by atoms with Crippen molar-refractivity contribution in [3.05, 3.63) is 18.5 Å². The van der Waals surface area contributed by atoms with Crippen molar-refractivity contribution < 1.29 is 4.74 Å². The minimum Gasteiger partial charge on any atom is -0.379 e. The van der Waals surface area contributed by atoms with Crippen LogP contribution in [0.4, 0.5) is 5.95 Å². The Kier molecular flexibility index (Phi) is 5.70. The largest absolute Gasteiger partial charge is 0.379 e. The summed E-state index contributed by atoms with van der Waals surface area (Å²) in [4.78, 5) is 13.2. The molecule has 0 N–H and O–H groups in total. The van der Waals surface area contributed by atoms with Gasteiger partial charge in [-0.15, -0.1) is 0 Å². The normalized spacial score (nSPS) is 17.1. The average molecular weight is 268 g/mol. The number of ether oxygens (including phenoxy) is 1. The van der Waals surface area contributed by atoms with Gasteiger partial charge in [-0.1, -0.05) is 0 Å². The molecule has 5 nitrogen and oxygen atoms in total. The Morgan fingerprint density at radius 1 is 1.11 bits per heavy atom. The highest BCUT2D eigenvalue weighted by atomic mass is 32.1. The van der Waals surface area contributed by atoms with E-state index in [9.17, 15) is 0 Å². The second kappa shape index (κ2) is 7.56. The summed E-state index contributed by atoms with van der Waals surface area (Å²) in [5.41, 5.74) is 0. The van der Waals surface area contributed by atoms with E-state index in [4.69, 9.17) is 4.74 Å². The van der Waals surface area contributed by atoms with E-state index in [1.807, 2.05) is 6.07 Å². The van der Waals surface area contributed by atoms with Gasteiger partial charge in [0.15, 0.2) is 0 Å². The highest BCUT2D eigenvalue weighted by Crippen LogP contribution is 2.09. The molecule has 1 saturated heterocycles. The third kappa shape index (κ3) is 4.12. The van der Waals surface area contributed by atoms with E-state index in [1.165, 1.54) is 0 Å². The highest BCUT2D eigenvalue weighted by molar-refractivity contribution is 7.80. The molecule has 0 spiro atoms. The van der Waals surface area contributed by atoms with Crippen LogP contribution in [-0.2, 0) is 4.74 Å². The van der Waals surface area contributed by atoms with E-state index in [0.29, 0.717) is 0 Å². The highest BCUT2D eigenvalue weighted by Gasteiger charge is 2.17. The van der Waals surface area contributed by atoms with Crippen molar-refractivity contribution in [3.8, 4) is 0 Å². The molecule has 0 bridgehead atoms. The lowest BCUT2D eigenvalue weighted by Crippen LogP contribution is -2.47. The van der Waals surface area contributed by atoms with Gasteiger partial charge in [0, 0.05) is 50.9 Å². The summed E-state index contributed by atoms with van der Waals surface area (Å²) in [6.07, 6.45) is 3.58. The molecule has 0 atom stereocenters. The van der Waals surface area contributed by atoms with Gasteiger partial charge in [0.05, 0.1) is 13.2 Å². The lowest BCUT2D eigenvalue weighted by atomic mass is 10.3. The number of anilines is 1. The molecule has 0 saturated carbocycles. The summed E-state index contributed by atoms with van der Waals surface area (Å²) >= 11 is 4.11. The number of nitrogens with zero attached hydrogens (tertiary/aromatic N) is 4. The van der Waals surface area contributed by atoms with Crippen LogP contribution >= 0.6 is 12.6 Å². The Balaban J connectivity index is 1.68. The molecule has 2 heterocycles. The van der Waals surface area contributed by atoms with Crippen molar-refractivity contribution in [2.24, 2.45) is 0 Å². The van der Waals surface area contributed by atoms with Gasteiger partial charge in [0.1, 0.15) is 0 Å². The van der Waals surface area contributed by atoms with Gasteiger partial charge in [-0.3, -0.25) is 4.90 Å². The van der Waals surface area contributed by atoms with E-state index in [-0.39, 0.29) is 0 Å². The van der Waals surface area contributed by atoms with E-state index >= 15 is 0 Å². The van der Waals surface area contributed by atoms with Crippen LogP contribution < -0.4 is 4.90 Å². The van der Waals surface area contributed by atoms with E-state index < -0.39 is 0 Å². The number of aromatic nitrogens is 2. The molecule has 1 aromatic rings. The van der Waals surface area contributed by atoms with Gasteiger partial charge in [-0.2, -0.15) is 12.6 Å². The van der Waals surface area contributed by atoms with Gasteiger partial charge < -0.3 is 9.64 Å². The van der Waals surface area contributed by atoms with Crippen molar-refractivity contribution in [2.45, 2.75) is 0 Å². The quantitative estimate of drug-likeness (QED) is 0.602. The van der Waals surface area contributed by atoms with Gasteiger partial charge >= 0.3 is 0 Å². The minimum atomic E-state index is 0.737. The van der Waals surface area contributed by atoms with Crippen LogP contribution in [0.5, 0.6) is 0 Å². The molecule has 18 heavy (non-hydrogen) atoms. The number of hydrogen-bond donors (Lipinski definition) is 1. The Morgan fingerprint density at radius 2 is 1.83 bits per heavy atom. The summed E-state index contributed by atoms with van der Waals surface area (Å²) < 4.78 is 5.44. The zero-order chi connectivity index (χ0) is 12.6. The predicted molar refractivity (Wildman–Crippen MR) is 75.4 cm³/mol. The maximum atomic E-state index is 5.44. The fourth-order valence-corrected chi connectivity index (χ4v) is 2.12. The van der Waals surface area contributed by atoms with Crippen LogP contribution in [-0.4, -0.2) is 66.6 Å². The molecule has 100 valence electrons. The Bertz CT molecular complexity index is 330. The van der Waals surface area contributed by atoms with E-state index in [2.05, 4.69) is 32.4 Å². The second-order valence-electron chi connectivity index (χ2n) is 4.21. The molecule has 1 fully saturated rings. The topological polar surface area (TPSA) is 41.5 Å². The van der Waals surface area contributed by atoms with Crippen molar-refractivity contribution in [1.29, 1.82) is 0 Å². The van der Waals surface area contributed by atoms with Crippen molar-refractivity contribution in [3.63, 3.8) is 0 Å². The Morgan fingerprint density at radius 3 is 2.50 bits per heavy atom. The zero-order valence-corrected chi connectivity index (χ0v) is 11.4. The van der Waals surface area contributed by atoms with Crippen LogP contribution in [0.25, 0.3) is 0 Å². The van der Waals surface area contributed by atoms with E-state index in [1.54, 1.807) is 12.4 Å². The molecule has 1 aliphatic heterocycles. The lowest BCUT2D eigenvalue weighted by molar-refractivity contribution is 0.112. The third-order valence-electron chi connectivity index (χ3n) is 2.99. The fourth-order valence-electron chi connectivity index (χ4n) is 1.99. The minimum absolute atomic E-state index is 0.737. The summed E-state index contributed by atoms with van der Waals surface area (Å²) in [6, 6.07) is 1.85. The SMILES string of the molecule is SCCOCCN1CCN(c2ncccn2)CC1. The van der Waals surface area contributed by atoms with Crippen LogP contribution in [0.2, 0.25) is 0 Å². The number of rotatable bonds is 6. The molecule has 0 radical (unpaired) electrons. The van der Waals surface area contributed by atoms with Crippen molar-refractivity contribution >= 4 is 18.6 Å². The van der Waals surface area contributed by atoms with Gasteiger partial charge in [-0.25, -0.2) is 9.97 Å². The Labute approximate surface area is 114 Å². The Hall–Kier alpha value is -0.850. The number of piperazine rings is 1. The summed E-state index contributed by atoms with van der Waals surface area (Å²) in [6.45, 7) is 6.58. The number of hydrogen-bond acceptors (Lipinski definition) is 6.